The van der Waals surface area contributed by atoms with E-state index in [0.29, 0.717) is 29.0 Å². The van der Waals surface area contributed by atoms with Gasteiger partial charge in [0.15, 0.2) is 6.29 Å². The fourth-order valence-corrected chi connectivity index (χ4v) is 2.04. The van der Waals surface area contributed by atoms with Crippen LogP contribution in [0.4, 0.5) is 10.1 Å². The molecule has 0 atom stereocenters. The molecule has 2 aromatic rings. The SMILES string of the molecule is CN(Cc1ccccc1F)c1ccc(C=O)c(Cl)c1. The van der Waals surface area contributed by atoms with Crippen molar-refractivity contribution in [3.63, 3.8) is 0 Å². The second-order valence-electron chi connectivity index (χ2n) is 4.27. The third kappa shape index (κ3) is 3.12. The van der Waals surface area contributed by atoms with Crippen molar-refractivity contribution in [1.82, 2.24) is 0 Å². The third-order valence-electron chi connectivity index (χ3n) is 2.92. The smallest absolute Gasteiger partial charge is 0.151 e. The van der Waals surface area contributed by atoms with E-state index >= 15 is 0 Å². The third-order valence-corrected chi connectivity index (χ3v) is 3.24. The predicted molar refractivity (Wildman–Crippen MR) is 75.3 cm³/mol. The number of anilines is 1. The lowest BCUT2D eigenvalue weighted by Crippen LogP contribution is -2.17. The molecule has 0 bridgehead atoms. The lowest BCUT2D eigenvalue weighted by Gasteiger charge is -2.20. The fourth-order valence-electron chi connectivity index (χ4n) is 1.82. The molecule has 0 radical (unpaired) electrons. The molecule has 0 aliphatic rings. The lowest BCUT2D eigenvalue weighted by molar-refractivity contribution is 0.112. The summed E-state index contributed by atoms with van der Waals surface area (Å²) in [5.41, 5.74) is 1.89. The number of carbonyl (C=O) groups is 1. The highest BCUT2D eigenvalue weighted by atomic mass is 35.5. The van der Waals surface area contributed by atoms with Crippen LogP contribution in [0, 0.1) is 5.82 Å². The van der Waals surface area contributed by atoms with Crippen molar-refractivity contribution in [2.45, 2.75) is 6.54 Å². The molecule has 0 amide bonds. The topological polar surface area (TPSA) is 20.3 Å². The Labute approximate surface area is 116 Å². The highest BCUT2D eigenvalue weighted by Crippen LogP contribution is 2.23. The number of carbonyl (C=O) groups excluding carboxylic acids is 1. The van der Waals surface area contributed by atoms with Gasteiger partial charge in [0.2, 0.25) is 0 Å². The summed E-state index contributed by atoms with van der Waals surface area (Å²) >= 11 is 5.98. The van der Waals surface area contributed by atoms with E-state index in [1.54, 1.807) is 36.4 Å². The Balaban J connectivity index is 2.20. The molecular formula is C15H13ClFNO. The van der Waals surface area contributed by atoms with Gasteiger partial charge in [0, 0.05) is 30.4 Å². The van der Waals surface area contributed by atoms with Crippen LogP contribution in [0.3, 0.4) is 0 Å². The van der Waals surface area contributed by atoms with E-state index in [2.05, 4.69) is 0 Å². The first-order chi connectivity index (χ1) is 9.11. The van der Waals surface area contributed by atoms with Crippen LogP contribution in [-0.4, -0.2) is 13.3 Å². The van der Waals surface area contributed by atoms with Crippen molar-refractivity contribution < 1.29 is 9.18 Å². The van der Waals surface area contributed by atoms with E-state index in [-0.39, 0.29) is 5.82 Å². The average molecular weight is 278 g/mol. The fraction of sp³-hybridized carbons (Fsp3) is 0.133. The molecule has 19 heavy (non-hydrogen) atoms. The lowest BCUT2D eigenvalue weighted by atomic mass is 10.1. The Hall–Kier alpha value is -1.87. The van der Waals surface area contributed by atoms with Gasteiger partial charge in [-0.25, -0.2) is 4.39 Å². The van der Waals surface area contributed by atoms with Gasteiger partial charge in [0.25, 0.3) is 0 Å². The molecular weight excluding hydrogens is 265 g/mol. The van der Waals surface area contributed by atoms with Crippen LogP contribution in [0.5, 0.6) is 0 Å². The largest absolute Gasteiger partial charge is 0.370 e. The van der Waals surface area contributed by atoms with Gasteiger partial charge >= 0.3 is 0 Å². The van der Waals surface area contributed by atoms with Gasteiger partial charge in [-0.15, -0.1) is 0 Å². The molecule has 0 fully saturated rings. The summed E-state index contributed by atoms with van der Waals surface area (Å²) in [5.74, 6) is -0.232. The molecule has 0 heterocycles. The molecule has 2 nitrogen and oxygen atoms in total. The van der Waals surface area contributed by atoms with Crippen molar-refractivity contribution in [2.24, 2.45) is 0 Å². The summed E-state index contributed by atoms with van der Waals surface area (Å²) in [5, 5.41) is 0.396. The Bertz CT molecular complexity index is 600. The zero-order valence-electron chi connectivity index (χ0n) is 10.4. The van der Waals surface area contributed by atoms with Gasteiger partial charge in [0.05, 0.1) is 5.02 Å². The molecule has 0 spiro atoms. The normalized spacial score (nSPS) is 10.3. The quantitative estimate of drug-likeness (QED) is 0.789. The van der Waals surface area contributed by atoms with Crippen molar-refractivity contribution in [1.29, 1.82) is 0 Å². The molecule has 0 aliphatic carbocycles. The summed E-state index contributed by atoms with van der Waals surface area (Å²) in [6, 6.07) is 11.8. The maximum absolute atomic E-state index is 13.6. The Morgan fingerprint density at radius 3 is 2.63 bits per heavy atom. The Morgan fingerprint density at radius 2 is 2.00 bits per heavy atom. The second kappa shape index (κ2) is 5.85. The van der Waals surface area contributed by atoms with E-state index in [1.165, 1.54) is 6.07 Å². The zero-order valence-corrected chi connectivity index (χ0v) is 11.2. The van der Waals surface area contributed by atoms with Crippen LogP contribution in [0.15, 0.2) is 42.5 Å². The summed E-state index contributed by atoms with van der Waals surface area (Å²) in [4.78, 5) is 12.6. The molecule has 0 saturated heterocycles. The minimum Gasteiger partial charge on any atom is -0.370 e. The Morgan fingerprint density at radius 1 is 1.26 bits per heavy atom. The van der Waals surface area contributed by atoms with Crippen LogP contribution < -0.4 is 4.90 Å². The first-order valence-electron chi connectivity index (χ1n) is 5.81. The molecule has 0 unspecified atom stereocenters. The molecule has 98 valence electrons. The molecule has 0 N–H and O–H groups in total. The van der Waals surface area contributed by atoms with E-state index in [0.717, 1.165) is 5.69 Å². The maximum atomic E-state index is 13.6. The van der Waals surface area contributed by atoms with Crippen molar-refractivity contribution in [2.75, 3.05) is 11.9 Å². The summed E-state index contributed by atoms with van der Waals surface area (Å²) in [7, 11) is 1.85. The van der Waals surface area contributed by atoms with Gasteiger partial charge in [-0.3, -0.25) is 4.79 Å². The highest BCUT2D eigenvalue weighted by Gasteiger charge is 2.08. The molecule has 0 aliphatic heterocycles. The second-order valence-corrected chi connectivity index (χ2v) is 4.68. The van der Waals surface area contributed by atoms with E-state index < -0.39 is 0 Å². The molecule has 4 heteroatoms. The first-order valence-corrected chi connectivity index (χ1v) is 6.19. The van der Waals surface area contributed by atoms with Crippen LogP contribution in [0.25, 0.3) is 0 Å². The summed E-state index contributed by atoms with van der Waals surface area (Å²) in [6.45, 7) is 0.434. The average Bonchev–Trinajstić information content (AvgIpc) is 2.41. The van der Waals surface area contributed by atoms with Crippen LogP contribution in [0.1, 0.15) is 15.9 Å². The van der Waals surface area contributed by atoms with Gasteiger partial charge in [-0.2, -0.15) is 0 Å². The van der Waals surface area contributed by atoms with Gasteiger partial charge in [-0.05, 0) is 24.3 Å². The number of aldehydes is 1. The summed E-state index contributed by atoms with van der Waals surface area (Å²) in [6.07, 6.45) is 0.711. The molecule has 0 aromatic heterocycles. The van der Waals surface area contributed by atoms with Gasteiger partial charge in [0.1, 0.15) is 5.82 Å². The maximum Gasteiger partial charge on any atom is 0.151 e. The van der Waals surface area contributed by atoms with Gasteiger partial charge < -0.3 is 4.90 Å². The zero-order chi connectivity index (χ0) is 13.8. The number of benzene rings is 2. The highest BCUT2D eigenvalue weighted by molar-refractivity contribution is 6.33. The van der Waals surface area contributed by atoms with Crippen LogP contribution >= 0.6 is 11.6 Å². The van der Waals surface area contributed by atoms with Crippen molar-refractivity contribution >= 4 is 23.6 Å². The van der Waals surface area contributed by atoms with Crippen LogP contribution in [0.2, 0.25) is 5.02 Å². The van der Waals surface area contributed by atoms with E-state index in [4.69, 9.17) is 11.6 Å². The number of hydrogen-bond acceptors (Lipinski definition) is 2. The standard InChI is InChI=1S/C15H13ClFNO/c1-18(9-11-4-2-3-5-15(11)17)13-7-6-12(10-19)14(16)8-13/h2-8,10H,9H2,1H3. The number of rotatable bonds is 4. The minimum absolute atomic E-state index is 0.232. The van der Waals surface area contributed by atoms with Crippen LogP contribution in [-0.2, 0) is 6.54 Å². The monoisotopic (exact) mass is 277 g/mol. The predicted octanol–water partition coefficient (Wildman–Crippen LogP) is 3.93. The number of nitrogens with zero attached hydrogens (tertiary/aromatic N) is 1. The first kappa shape index (κ1) is 13.6. The Kier molecular flexibility index (Phi) is 4.17. The number of hydrogen-bond donors (Lipinski definition) is 0. The van der Waals surface area contributed by atoms with Crippen molar-refractivity contribution in [3.05, 3.63) is 64.4 Å². The summed E-state index contributed by atoms with van der Waals surface area (Å²) < 4.78 is 13.6. The minimum atomic E-state index is -0.232. The van der Waals surface area contributed by atoms with Crippen molar-refractivity contribution in [3.8, 4) is 0 Å². The number of halogens is 2. The molecule has 2 rings (SSSR count). The van der Waals surface area contributed by atoms with E-state index in [9.17, 15) is 9.18 Å². The molecule has 2 aromatic carbocycles. The van der Waals surface area contributed by atoms with Gasteiger partial charge in [-0.1, -0.05) is 29.8 Å². The molecule has 0 saturated carbocycles. The van der Waals surface area contributed by atoms with E-state index in [1.807, 2.05) is 11.9 Å².